The highest BCUT2D eigenvalue weighted by Gasteiger charge is 2.37. The molecule has 0 heterocycles. The highest BCUT2D eigenvalue weighted by Crippen LogP contribution is 2.40. The number of benzene rings is 4. The van der Waals surface area contributed by atoms with Gasteiger partial charge in [0.15, 0.2) is 0 Å². The Hall–Kier alpha value is -3.80. The smallest absolute Gasteiger partial charge is 0.143 e. The summed E-state index contributed by atoms with van der Waals surface area (Å²) in [5, 5.41) is 0. The van der Waals surface area contributed by atoms with Gasteiger partial charge in [-0.3, -0.25) is 0 Å². The summed E-state index contributed by atoms with van der Waals surface area (Å²) in [6.07, 6.45) is 0. The van der Waals surface area contributed by atoms with E-state index in [1.165, 1.54) is 0 Å². The van der Waals surface area contributed by atoms with Crippen LogP contribution in [0.2, 0.25) is 0 Å². The number of hydrogen-bond acceptors (Lipinski definition) is 9. The lowest BCUT2D eigenvalue weighted by Gasteiger charge is -2.36. The fraction of sp³-hybridized carbons (Fsp3) is 0.385. The van der Waals surface area contributed by atoms with Crippen LogP contribution < -0.4 is 10.5 Å². The highest BCUT2D eigenvalue weighted by molar-refractivity contribution is 5.47. The van der Waals surface area contributed by atoms with Gasteiger partial charge in [0.25, 0.3) is 0 Å². The molecule has 4 rings (SSSR count). The summed E-state index contributed by atoms with van der Waals surface area (Å²) >= 11 is 0. The van der Waals surface area contributed by atoms with Gasteiger partial charge in [-0.25, -0.2) is 0 Å². The van der Waals surface area contributed by atoms with Crippen molar-refractivity contribution in [2.45, 2.75) is 5.60 Å². The molecule has 0 unspecified atom stereocenters. The van der Waals surface area contributed by atoms with E-state index < -0.39 is 5.60 Å². The van der Waals surface area contributed by atoms with E-state index in [9.17, 15) is 0 Å². The van der Waals surface area contributed by atoms with Gasteiger partial charge in [0.05, 0.1) is 85.9 Å². The second kappa shape index (κ2) is 22.7. The van der Waals surface area contributed by atoms with E-state index in [-0.39, 0.29) is 0 Å². The van der Waals surface area contributed by atoms with Gasteiger partial charge in [-0.05, 0) is 41.0 Å². The standard InChI is InChI=1S/C39H49NO8/c40-37-16-18-38(19-17-37)47-32-30-45-28-26-43-24-22-41-20-21-42-23-25-44-27-29-46-31-33-48-39(34-10-4-1-5-11-34,35-12-6-2-7-13-35)36-14-8-3-9-15-36/h1-19H,20-33,40H2. The maximum atomic E-state index is 6.72. The minimum absolute atomic E-state index is 0.419. The van der Waals surface area contributed by atoms with Crippen LogP contribution in [0.1, 0.15) is 16.7 Å². The summed E-state index contributed by atoms with van der Waals surface area (Å²) in [6, 6.07) is 38.3. The summed E-state index contributed by atoms with van der Waals surface area (Å²) in [5.74, 6) is 0.773. The first-order valence-electron chi connectivity index (χ1n) is 16.5. The molecule has 0 aliphatic carbocycles. The highest BCUT2D eigenvalue weighted by atomic mass is 16.6. The monoisotopic (exact) mass is 659 g/mol. The summed E-state index contributed by atoms with van der Waals surface area (Å²) in [6.45, 7) is 6.80. The molecule has 0 amide bonds. The Kier molecular flexibility index (Phi) is 17.5. The third-order valence-corrected chi connectivity index (χ3v) is 7.32. The Labute approximate surface area is 284 Å². The molecular weight excluding hydrogens is 610 g/mol. The average molecular weight is 660 g/mol. The van der Waals surface area contributed by atoms with E-state index in [0.29, 0.717) is 98.2 Å². The predicted molar refractivity (Wildman–Crippen MR) is 186 cm³/mol. The SMILES string of the molecule is Nc1ccc(OCCOCCOCCOCCOCCOCCOCCOC(c2ccccc2)(c2ccccc2)c2ccccc2)cc1. The molecule has 0 saturated heterocycles. The number of nitrogen functional groups attached to an aromatic ring is 1. The lowest BCUT2D eigenvalue weighted by molar-refractivity contribution is -0.0395. The maximum absolute atomic E-state index is 6.72. The largest absolute Gasteiger partial charge is 0.491 e. The van der Waals surface area contributed by atoms with Gasteiger partial charge < -0.3 is 43.6 Å². The quantitative estimate of drug-likeness (QED) is 0.0513. The topological polar surface area (TPSA) is 99.9 Å². The Morgan fingerprint density at radius 2 is 0.667 bits per heavy atom. The number of nitrogens with two attached hydrogens (primary N) is 1. The van der Waals surface area contributed by atoms with Crippen LogP contribution in [0.5, 0.6) is 5.75 Å². The second-order valence-electron chi connectivity index (χ2n) is 10.7. The van der Waals surface area contributed by atoms with Crippen molar-refractivity contribution in [2.75, 3.05) is 98.2 Å². The van der Waals surface area contributed by atoms with Gasteiger partial charge in [0, 0.05) is 5.69 Å². The Morgan fingerprint density at radius 3 is 1.02 bits per heavy atom. The van der Waals surface area contributed by atoms with Gasteiger partial charge in [0.2, 0.25) is 0 Å². The molecule has 9 nitrogen and oxygen atoms in total. The number of hydrogen-bond donors (Lipinski definition) is 1. The Bertz CT molecular complexity index is 1250. The van der Waals surface area contributed by atoms with Crippen molar-refractivity contribution in [3.05, 3.63) is 132 Å². The van der Waals surface area contributed by atoms with E-state index in [2.05, 4.69) is 36.4 Å². The first-order chi connectivity index (χ1) is 23.8. The van der Waals surface area contributed by atoms with Crippen molar-refractivity contribution < 1.29 is 37.9 Å². The molecule has 48 heavy (non-hydrogen) atoms. The first-order valence-corrected chi connectivity index (χ1v) is 16.5. The molecule has 0 saturated carbocycles. The van der Waals surface area contributed by atoms with Crippen LogP contribution in [0.3, 0.4) is 0 Å². The molecule has 4 aromatic carbocycles. The lowest BCUT2D eigenvalue weighted by Crippen LogP contribution is -2.34. The third-order valence-electron chi connectivity index (χ3n) is 7.32. The molecule has 2 N–H and O–H groups in total. The molecule has 0 bridgehead atoms. The zero-order valence-corrected chi connectivity index (χ0v) is 27.7. The molecule has 9 heteroatoms. The van der Waals surface area contributed by atoms with Gasteiger partial charge in [-0.15, -0.1) is 0 Å². The fourth-order valence-electron chi connectivity index (χ4n) is 5.01. The molecule has 0 aliphatic rings. The molecule has 0 atom stereocenters. The zero-order valence-electron chi connectivity index (χ0n) is 27.7. The molecule has 0 spiro atoms. The van der Waals surface area contributed by atoms with Crippen molar-refractivity contribution in [1.29, 1.82) is 0 Å². The predicted octanol–water partition coefficient (Wildman–Crippen LogP) is 5.76. The van der Waals surface area contributed by atoms with Crippen LogP contribution in [-0.4, -0.2) is 92.5 Å². The van der Waals surface area contributed by atoms with Crippen LogP contribution in [-0.2, 0) is 38.8 Å². The minimum atomic E-state index is -0.747. The lowest BCUT2D eigenvalue weighted by atomic mass is 9.80. The molecule has 0 aliphatic heterocycles. The van der Waals surface area contributed by atoms with Crippen molar-refractivity contribution >= 4 is 5.69 Å². The van der Waals surface area contributed by atoms with Crippen LogP contribution >= 0.6 is 0 Å². The van der Waals surface area contributed by atoms with E-state index in [0.717, 1.165) is 22.4 Å². The van der Waals surface area contributed by atoms with Crippen molar-refractivity contribution in [3.8, 4) is 5.75 Å². The van der Waals surface area contributed by atoms with Gasteiger partial charge in [-0.2, -0.15) is 0 Å². The molecular formula is C39H49NO8. The van der Waals surface area contributed by atoms with Gasteiger partial charge >= 0.3 is 0 Å². The number of anilines is 1. The Balaban J connectivity index is 0.971. The van der Waals surface area contributed by atoms with Crippen molar-refractivity contribution in [2.24, 2.45) is 0 Å². The van der Waals surface area contributed by atoms with Crippen molar-refractivity contribution in [1.82, 2.24) is 0 Å². The van der Waals surface area contributed by atoms with Gasteiger partial charge in [0.1, 0.15) is 18.0 Å². The van der Waals surface area contributed by atoms with Crippen LogP contribution in [0.25, 0.3) is 0 Å². The van der Waals surface area contributed by atoms with Crippen LogP contribution in [0, 0.1) is 0 Å². The van der Waals surface area contributed by atoms with E-state index in [1.54, 1.807) is 12.1 Å². The normalized spacial score (nSPS) is 11.5. The molecule has 4 aromatic rings. The molecule has 0 aromatic heterocycles. The van der Waals surface area contributed by atoms with Gasteiger partial charge in [-0.1, -0.05) is 91.0 Å². The fourth-order valence-corrected chi connectivity index (χ4v) is 5.01. The molecule has 0 radical (unpaired) electrons. The second-order valence-corrected chi connectivity index (χ2v) is 10.7. The summed E-state index contributed by atoms with van der Waals surface area (Å²) in [5.41, 5.74) is 8.83. The van der Waals surface area contributed by atoms with E-state index in [1.807, 2.05) is 66.7 Å². The molecule has 0 fully saturated rings. The average Bonchev–Trinajstić information content (AvgIpc) is 3.14. The summed E-state index contributed by atoms with van der Waals surface area (Å²) in [7, 11) is 0. The molecule has 258 valence electrons. The van der Waals surface area contributed by atoms with E-state index >= 15 is 0 Å². The van der Waals surface area contributed by atoms with Crippen molar-refractivity contribution in [3.63, 3.8) is 0 Å². The zero-order chi connectivity index (χ0) is 33.4. The summed E-state index contributed by atoms with van der Waals surface area (Å²) < 4.78 is 45.9. The Morgan fingerprint density at radius 1 is 0.354 bits per heavy atom. The third kappa shape index (κ3) is 13.0. The number of ether oxygens (including phenoxy) is 8. The van der Waals surface area contributed by atoms with Crippen LogP contribution in [0.4, 0.5) is 5.69 Å². The number of rotatable bonds is 26. The van der Waals surface area contributed by atoms with Crippen LogP contribution in [0.15, 0.2) is 115 Å². The summed E-state index contributed by atoms with van der Waals surface area (Å²) in [4.78, 5) is 0. The first kappa shape index (κ1) is 37.0. The maximum Gasteiger partial charge on any atom is 0.143 e. The van der Waals surface area contributed by atoms with E-state index in [4.69, 9.17) is 43.6 Å². The minimum Gasteiger partial charge on any atom is -0.491 e.